The summed E-state index contributed by atoms with van der Waals surface area (Å²) in [6.07, 6.45) is 4.55. The predicted octanol–water partition coefficient (Wildman–Crippen LogP) is 3.64. The standard InChI is InChI=1S/C14H17BrN4O2S/c1-3-4-5-12-17-18-14(22)19(12)16-8-9-6-10(15)13(20)11(7-9)21-2/h6-8,20H,3-5H2,1-2H3,(H,18,22)/b16-8+. The fourth-order valence-corrected chi connectivity index (χ4v) is 2.55. The van der Waals surface area contributed by atoms with Crippen LogP contribution in [-0.4, -0.2) is 33.3 Å². The molecular formula is C14H17BrN4O2S. The van der Waals surface area contributed by atoms with Crippen molar-refractivity contribution < 1.29 is 9.84 Å². The third-order valence-electron chi connectivity index (χ3n) is 3.06. The van der Waals surface area contributed by atoms with Crippen molar-refractivity contribution in [3.8, 4) is 11.5 Å². The second kappa shape index (κ2) is 7.55. The van der Waals surface area contributed by atoms with Gasteiger partial charge in [-0.3, -0.25) is 5.10 Å². The molecule has 0 amide bonds. The fourth-order valence-electron chi connectivity index (χ4n) is 1.89. The lowest BCUT2D eigenvalue weighted by molar-refractivity contribution is 0.372. The lowest BCUT2D eigenvalue weighted by atomic mass is 10.2. The van der Waals surface area contributed by atoms with E-state index in [1.807, 2.05) is 0 Å². The molecule has 0 saturated carbocycles. The molecule has 0 bridgehead atoms. The number of rotatable bonds is 6. The number of nitrogens with one attached hydrogen (secondary N) is 1. The van der Waals surface area contributed by atoms with Crippen LogP contribution in [0, 0.1) is 4.77 Å². The molecule has 0 aliphatic heterocycles. The van der Waals surface area contributed by atoms with Crippen molar-refractivity contribution in [2.75, 3.05) is 7.11 Å². The summed E-state index contributed by atoms with van der Waals surface area (Å²) in [6.45, 7) is 2.12. The minimum Gasteiger partial charge on any atom is -0.503 e. The topological polar surface area (TPSA) is 75.4 Å². The molecule has 0 aliphatic carbocycles. The molecule has 22 heavy (non-hydrogen) atoms. The zero-order chi connectivity index (χ0) is 16.1. The number of hydrogen-bond acceptors (Lipinski definition) is 5. The van der Waals surface area contributed by atoms with Crippen molar-refractivity contribution in [3.05, 3.63) is 32.8 Å². The van der Waals surface area contributed by atoms with Crippen LogP contribution in [0.3, 0.4) is 0 Å². The number of benzene rings is 1. The summed E-state index contributed by atoms with van der Waals surface area (Å²) in [5.74, 6) is 1.23. The summed E-state index contributed by atoms with van der Waals surface area (Å²) in [7, 11) is 1.50. The lowest BCUT2D eigenvalue weighted by Gasteiger charge is -2.06. The van der Waals surface area contributed by atoms with Gasteiger partial charge in [-0.1, -0.05) is 13.3 Å². The van der Waals surface area contributed by atoms with Gasteiger partial charge in [0.2, 0.25) is 4.77 Å². The third-order valence-corrected chi connectivity index (χ3v) is 3.93. The van der Waals surface area contributed by atoms with Gasteiger partial charge in [-0.15, -0.1) is 0 Å². The number of halogens is 1. The summed E-state index contributed by atoms with van der Waals surface area (Å²) in [6, 6.07) is 3.44. The largest absolute Gasteiger partial charge is 0.503 e. The Morgan fingerprint density at radius 3 is 3.00 bits per heavy atom. The highest BCUT2D eigenvalue weighted by Gasteiger charge is 2.08. The van der Waals surface area contributed by atoms with Gasteiger partial charge in [0.1, 0.15) is 0 Å². The Kier molecular flexibility index (Phi) is 5.73. The first kappa shape index (κ1) is 16.7. The fraction of sp³-hybridized carbons (Fsp3) is 0.357. The number of unbranched alkanes of at least 4 members (excludes halogenated alkanes) is 1. The number of aromatic amines is 1. The first-order valence-corrected chi connectivity index (χ1v) is 8.04. The number of hydrogen-bond donors (Lipinski definition) is 2. The minimum atomic E-state index is 0.0585. The average molecular weight is 385 g/mol. The van der Waals surface area contributed by atoms with Crippen LogP contribution in [-0.2, 0) is 6.42 Å². The van der Waals surface area contributed by atoms with Crippen LogP contribution < -0.4 is 4.74 Å². The summed E-state index contributed by atoms with van der Waals surface area (Å²) in [5.41, 5.74) is 0.770. The van der Waals surface area contributed by atoms with Gasteiger partial charge in [-0.05, 0) is 52.3 Å². The van der Waals surface area contributed by atoms with E-state index in [4.69, 9.17) is 17.0 Å². The molecule has 1 heterocycles. The van der Waals surface area contributed by atoms with E-state index in [0.29, 0.717) is 15.0 Å². The number of ether oxygens (including phenoxy) is 1. The number of aromatic nitrogens is 3. The Morgan fingerprint density at radius 1 is 1.55 bits per heavy atom. The number of H-pyrrole nitrogens is 1. The molecule has 1 aromatic carbocycles. The maximum atomic E-state index is 9.81. The molecule has 0 fully saturated rings. The van der Waals surface area contributed by atoms with E-state index in [1.54, 1.807) is 23.0 Å². The summed E-state index contributed by atoms with van der Waals surface area (Å²) in [4.78, 5) is 0. The van der Waals surface area contributed by atoms with Crippen molar-refractivity contribution in [1.29, 1.82) is 0 Å². The first-order chi connectivity index (χ1) is 10.6. The quantitative estimate of drug-likeness (QED) is 0.588. The Balaban J connectivity index is 2.31. The van der Waals surface area contributed by atoms with Crippen LogP contribution >= 0.6 is 28.1 Å². The molecular weight excluding hydrogens is 368 g/mol. The molecule has 2 N–H and O–H groups in total. The number of phenolic OH excluding ortho intramolecular Hbond substituents is 1. The zero-order valence-corrected chi connectivity index (χ0v) is 14.7. The average Bonchev–Trinajstić information content (AvgIpc) is 2.86. The number of aromatic hydroxyl groups is 1. The first-order valence-electron chi connectivity index (χ1n) is 6.84. The monoisotopic (exact) mass is 384 g/mol. The van der Waals surface area contributed by atoms with Crippen molar-refractivity contribution in [2.24, 2.45) is 5.10 Å². The highest BCUT2D eigenvalue weighted by molar-refractivity contribution is 9.10. The summed E-state index contributed by atoms with van der Waals surface area (Å²) >= 11 is 8.47. The predicted molar refractivity (Wildman–Crippen MR) is 91.4 cm³/mol. The molecule has 118 valence electrons. The Labute approximate surface area is 142 Å². The normalized spacial score (nSPS) is 11.2. The number of phenols is 1. The van der Waals surface area contributed by atoms with Gasteiger partial charge in [0.05, 0.1) is 17.8 Å². The van der Waals surface area contributed by atoms with Gasteiger partial charge in [0.25, 0.3) is 0 Å². The minimum absolute atomic E-state index is 0.0585. The molecule has 8 heteroatoms. The summed E-state index contributed by atoms with van der Waals surface area (Å²) < 4.78 is 7.71. The molecule has 0 spiro atoms. The van der Waals surface area contributed by atoms with Gasteiger partial charge in [-0.25, -0.2) is 0 Å². The van der Waals surface area contributed by atoms with Crippen molar-refractivity contribution in [3.63, 3.8) is 0 Å². The molecule has 6 nitrogen and oxygen atoms in total. The molecule has 0 aliphatic rings. The van der Waals surface area contributed by atoms with Crippen molar-refractivity contribution in [2.45, 2.75) is 26.2 Å². The van der Waals surface area contributed by atoms with Crippen LogP contribution in [0.15, 0.2) is 21.7 Å². The zero-order valence-electron chi connectivity index (χ0n) is 12.3. The Morgan fingerprint density at radius 2 is 2.32 bits per heavy atom. The van der Waals surface area contributed by atoms with Crippen molar-refractivity contribution in [1.82, 2.24) is 14.9 Å². The number of aryl methyl sites for hydroxylation is 1. The summed E-state index contributed by atoms with van der Waals surface area (Å²) in [5, 5.41) is 21.1. The second-order valence-electron chi connectivity index (χ2n) is 4.66. The van der Waals surface area contributed by atoms with Crippen LogP contribution in [0.4, 0.5) is 0 Å². The maximum absolute atomic E-state index is 9.81. The molecule has 0 radical (unpaired) electrons. The van der Waals surface area contributed by atoms with E-state index in [9.17, 15) is 5.11 Å². The molecule has 2 aromatic rings. The van der Waals surface area contributed by atoms with Crippen LogP contribution in [0.1, 0.15) is 31.2 Å². The van der Waals surface area contributed by atoms with E-state index in [2.05, 4.69) is 38.2 Å². The second-order valence-corrected chi connectivity index (χ2v) is 5.90. The van der Waals surface area contributed by atoms with E-state index < -0.39 is 0 Å². The van der Waals surface area contributed by atoms with Crippen LogP contribution in [0.25, 0.3) is 0 Å². The molecule has 0 unspecified atom stereocenters. The maximum Gasteiger partial charge on any atom is 0.216 e. The van der Waals surface area contributed by atoms with Gasteiger partial charge < -0.3 is 9.84 Å². The van der Waals surface area contributed by atoms with E-state index >= 15 is 0 Å². The number of nitrogens with zero attached hydrogens (tertiary/aromatic N) is 3. The van der Waals surface area contributed by atoms with Crippen LogP contribution in [0.5, 0.6) is 11.5 Å². The van der Waals surface area contributed by atoms with E-state index in [-0.39, 0.29) is 5.75 Å². The van der Waals surface area contributed by atoms with Crippen molar-refractivity contribution >= 4 is 34.4 Å². The Bertz CT molecular complexity index is 739. The highest BCUT2D eigenvalue weighted by atomic mass is 79.9. The molecule has 1 aromatic heterocycles. The third kappa shape index (κ3) is 3.75. The van der Waals surface area contributed by atoms with Crippen LogP contribution in [0.2, 0.25) is 0 Å². The smallest absolute Gasteiger partial charge is 0.216 e. The Hall–Kier alpha value is -1.67. The molecule has 2 rings (SSSR count). The van der Waals surface area contributed by atoms with E-state index in [0.717, 1.165) is 30.7 Å². The van der Waals surface area contributed by atoms with Gasteiger partial charge in [0, 0.05) is 6.42 Å². The van der Waals surface area contributed by atoms with Gasteiger partial charge >= 0.3 is 0 Å². The van der Waals surface area contributed by atoms with E-state index in [1.165, 1.54) is 7.11 Å². The lowest BCUT2D eigenvalue weighted by Crippen LogP contribution is -1.99. The van der Waals surface area contributed by atoms with Gasteiger partial charge in [0.15, 0.2) is 17.3 Å². The molecule has 0 atom stereocenters. The molecule has 0 saturated heterocycles. The SMILES string of the molecule is CCCCc1n[nH]c(=S)n1/N=C/c1cc(Br)c(O)c(OC)c1. The highest BCUT2D eigenvalue weighted by Crippen LogP contribution is 2.34. The number of methoxy groups -OCH3 is 1. The van der Waals surface area contributed by atoms with Gasteiger partial charge in [-0.2, -0.15) is 14.9 Å².